The second-order valence-electron chi connectivity index (χ2n) is 11.1. The summed E-state index contributed by atoms with van der Waals surface area (Å²) in [7, 11) is 0. The van der Waals surface area contributed by atoms with Crippen molar-refractivity contribution < 1.29 is 4.74 Å². The normalized spacial score (nSPS) is 13.6. The number of hydrogen-bond acceptors (Lipinski definition) is 1. The minimum atomic E-state index is 0.111. The van der Waals surface area contributed by atoms with E-state index in [0.29, 0.717) is 5.92 Å². The average molecular weight is 505 g/mol. The monoisotopic (exact) mass is 504 g/mol. The zero-order chi connectivity index (χ0) is 28.0. The van der Waals surface area contributed by atoms with Crippen molar-refractivity contribution in [2.75, 3.05) is 6.61 Å². The van der Waals surface area contributed by atoms with Crippen LogP contribution >= 0.6 is 0 Å². The first-order chi connectivity index (χ1) is 17.8. The predicted molar refractivity (Wildman–Crippen MR) is 168 cm³/mol. The van der Waals surface area contributed by atoms with Gasteiger partial charge in [-0.2, -0.15) is 0 Å². The van der Waals surface area contributed by atoms with Gasteiger partial charge in [0.25, 0.3) is 0 Å². The highest BCUT2D eigenvalue weighted by Gasteiger charge is 2.19. The molecule has 0 amide bonds. The highest BCUT2D eigenvalue weighted by atomic mass is 16.5. The van der Waals surface area contributed by atoms with E-state index in [0.717, 1.165) is 29.9 Å². The number of allylic oxidation sites excluding steroid dienone is 3. The number of aryl methyl sites for hydroxylation is 1. The molecule has 0 aliphatic heterocycles. The molecule has 2 aromatic rings. The molecule has 3 rings (SSSR count). The van der Waals surface area contributed by atoms with Crippen LogP contribution in [0.25, 0.3) is 22.6 Å². The minimum Gasteiger partial charge on any atom is -0.491 e. The van der Waals surface area contributed by atoms with Gasteiger partial charge in [0.05, 0.1) is 11.8 Å². The summed E-state index contributed by atoms with van der Waals surface area (Å²) < 4.78 is 6.60. The number of benzene rings is 2. The molecule has 0 radical (unpaired) electrons. The van der Waals surface area contributed by atoms with E-state index in [1.54, 1.807) is 0 Å². The molecule has 1 aliphatic carbocycles. The van der Waals surface area contributed by atoms with Crippen molar-refractivity contribution in [2.24, 2.45) is 11.8 Å². The maximum atomic E-state index is 6.60. The summed E-state index contributed by atoms with van der Waals surface area (Å²) in [6, 6.07) is 7.03. The summed E-state index contributed by atoms with van der Waals surface area (Å²) in [5.74, 6) is 2.28. The van der Waals surface area contributed by atoms with Crippen LogP contribution in [-0.2, 0) is 11.8 Å². The first-order valence-electron chi connectivity index (χ1n) is 15.1. The molecule has 2 aromatic carbocycles. The molecular formula is C36H56O. The van der Waals surface area contributed by atoms with Crippen molar-refractivity contribution in [3.63, 3.8) is 0 Å². The largest absolute Gasteiger partial charge is 0.491 e. The summed E-state index contributed by atoms with van der Waals surface area (Å²) in [6.07, 6.45) is 15.8. The molecule has 206 valence electrons. The van der Waals surface area contributed by atoms with E-state index in [4.69, 9.17) is 4.74 Å². The first-order valence-corrected chi connectivity index (χ1v) is 15.1. The van der Waals surface area contributed by atoms with Gasteiger partial charge in [-0.3, -0.25) is 0 Å². The zero-order valence-electron chi connectivity index (χ0n) is 26.1. The van der Waals surface area contributed by atoms with Gasteiger partial charge in [-0.05, 0) is 64.3 Å². The molecule has 0 saturated carbocycles. The Balaban J connectivity index is 0.00000163. The second kappa shape index (κ2) is 16.6. The van der Waals surface area contributed by atoms with Crippen LogP contribution in [0.4, 0.5) is 0 Å². The summed E-state index contributed by atoms with van der Waals surface area (Å²) in [4.78, 5) is 0. The number of ether oxygens (including phenoxy) is 1. The minimum absolute atomic E-state index is 0.111. The summed E-state index contributed by atoms with van der Waals surface area (Å²) in [5.41, 5.74) is 6.52. The summed E-state index contributed by atoms with van der Waals surface area (Å²) >= 11 is 0. The number of fused-ring (bicyclic) bond motifs is 2. The standard InChI is InChI=1S/C32H44O.2C2H6/c1-8-13-23(3)17-19-27-26-15-11-10-12-16-28(26)31(33-22-24(4)14-9-2)29-20-18-25(21-30(27)29)32(5,6)7;2*1-2/h10-12,15,18,20-21,23-24H,8-9,13-14,17,19,22H2,1-7H3;2*1-2H3. The first kappa shape index (κ1) is 32.8. The lowest BCUT2D eigenvalue weighted by Crippen LogP contribution is -2.31. The molecule has 37 heavy (non-hydrogen) atoms. The predicted octanol–water partition coefficient (Wildman–Crippen LogP) is 9.66. The van der Waals surface area contributed by atoms with Crippen LogP contribution < -0.4 is 15.2 Å². The van der Waals surface area contributed by atoms with E-state index in [2.05, 4.69) is 90.6 Å². The van der Waals surface area contributed by atoms with Crippen molar-refractivity contribution in [1.29, 1.82) is 0 Å². The molecule has 0 saturated heterocycles. The highest BCUT2D eigenvalue weighted by Crippen LogP contribution is 2.31. The van der Waals surface area contributed by atoms with Gasteiger partial charge < -0.3 is 4.74 Å². The molecular weight excluding hydrogens is 448 g/mol. The third kappa shape index (κ3) is 9.22. The topological polar surface area (TPSA) is 9.23 Å². The van der Waals surface area contributed by atoms with Crippen LogP contribution in [0.2, 0.25) is 0 Å². The third-order valence-electron chi connectivity index (χ3n) is 6.94. The molecule has 0 heterocycles. The van der Waals surface area contributed by atoms with Crippen LogP contribution in [0.1, 0.15) is 119 Å². The van der Waals surface area contributed by atoms with E-state index >= 15 is 0 Å². The van der Waals surface area contributed by atoms with Gasteiger partial charge in [0.1, 0.15) is 5.75 Å². The van der Waals surface area contributed by atoms with E-state index < -0.39 is 0 Å². The van der Waals surface area contributed by atoms with Gasteiger partial charge in [0.2, 0.25) is 0 Å². The van der Waals surface area contributed by atoms with Gasteiger partial charge in [-0.25, -0.2) is 0 Å². The van der Waals surface area contributed by atoms with Crippen molar-refractivity contribution in [3.8, 4) is 5.75 Å². The fourth-order valence-electron chi connectivity index (χ4n) is 4.93. The Kier molecular flexibility index (Phi) is 14.7. The molecule has 0 fully saturated rings. The van der Waals surface area contributed by atoms with E-state index in [9.17, 15) is 0 Å². The molecule has 2 atom stereocenters. The lowest BCUT2D eigenvalue weighted by Gasteiger charge is -2.22. The molecule has 2 unspecified atom stereocenters. The Morgan fingerprint density at radius 2 is 1.49 bits per heavy atom. The SMILES string of the molecule is CC.CC.CCCC(C)CCc1c2c(c(OCC(C)CCC)c3ccc(C(C)(C)C)cc13)=C=CC=CC=2. The number of rotatable bonds is 10. The van der Waals surface area contributed by atoms with Crippen molar-refractivity contribution >= 4 is 22.6 Å². The Bertz CT molecular complexity index is 1140. The fraction of sp³-hybridized carbons (Fsp3) is 0.583. The van der Waals surface area contributed by atoms with Gasteiger partial charge in [0.15, 0.2) is 0 Å². The third-order valence-corrected chi connectivity index (χ3v) is 6.94. The lowest BCUT2D eigenvalue weighted by atomic mass is 9.84. The molecule has 1 heteroatoms. The van der Waals surface area contributed by atoms with Crippen molar-refractivity contribution in [2.45, 2.75) is 120 Å². The van der Waals surface area contributed by atoms with Crippen LogP contribution in [0, 0.1) is 11.8 Å². The van der Waals surface area contributed by atoms with Crippen LogP contribution in [0.5, 0.6) is 5.75 Å². The Hall–Kier alpha value is -2.24. The van der Waals surface area contributed by atoms with Crippen LogP contribution in [0.3, 0.4) is 0 Å². The van der Waals surface area contributed by atoms with Crippen LogP contribution in [-0.4, -0.2) is 6.61 Å². The van der Waals surface area contributed by atoms with E-state index in [1.165, 1.54) is 59.2 Å². The second-order valence-corrected chi connectivity index (χ2v) is 11.1. The molecule has 0 aromatic heterocycles. The smallest absolute Gasteiger partial charge is 0.142 e. The molecule has 0 spiro atoms. The van der Waals surface area contributed by atoms with E-state index in [1.807, 2.05) is 33.8 Å². The van der Waals surface area contributed by atoms with Crippen LogP contribution in [0.15, 0.2) is 36.4 Å². The van der Waals surface area contributed by atoms with Gasteiger partial charge in [-0.15, -0.1) is 5.73 Å². The zero-order valence-corrected chi connectivity index (χ0v) is 26.1. The quantitative estimate of drug-likeness (QED) is 0.313. The average Bonchev–Trinajstić information content (AvgIpc) is 3.14. The lowest BCUT2D eigenvalue weighted by molar-refractivity contribution is 0.252. The maximum absolute atomic E-state index is 6.60. The summed E-state index contributed by atoms with van der Waals surface area (Å²) in [5, 5.41) is 5.01. The molecule has 0 bridgehead atoms. The van der Waals surface area contributed by atoms with Gasteiger partial charge >= 0.3 is 0 Å². The highest BCUT2D eigenvalue weighted by molar-refractivity contribution is 5.93. The summed E-state index contributed by atoms with van der Waals surface area (Å²) in [6.45, 7) is 24.9. The maximum Gasteiger partial charge on any atom is 0.142 e. The van der Waals surface area contributed by atoms with E-state index in [-0.39, 0.29) is 5.41 Å². The Morgan fingerprint density at radius 3 is 2.11 bits per heavy atom. The number of hydrogen-bond donors (Lipinski definition) is 0. The van der Waals surface area contributed by atoms with Gasteiger partial charge in [-0.1, -0.05) is 132 Å². The molecule has 1 aliphatic rings. The van der Waals surface area contributed by atoms with Gasteiger partial charge in [0, 0.05) is 5.39 Å². The fourth-order valence-corrected chi connectivity index (χ4v) is 4.93. The Labute approximate surface area is 229 Å². The molecule has 0 N–H and O–H groups in total. The Morgan fingerprint density at radius 1 is 0.838 bits per heavy atom. The molecule has 1 nitrogen and oxygen atoms in total. The van der Waals surface area contributed by atoms with Crippen molar-refractivity contribution in [1.82, 2.24) is 0 Å². The van der Waals surface area contributed by atoms with Crippen molar-refractivity contribution in [3.05, 3.63) is 58.0 Å².